The summed E-state index contributed by atoms with van der Waals surface area (Å²) in [4.78, 5) is 2.05. The smallest absolute Gasteiger partial charge is 0.151 e. The molecule has 0 spiro atoms. The predicted octanol–water partition coefficient (Wildman–Crippen LogP) is -0.0175. The summed E-state index contributed by atoms with van der Waals surface area (Å²) in [5.74, 6) is 0.817. The number of hydrogen-bond donors (Lipinski definition) is 1. The Morgan fingerprint density at radius 3 is 3.27 bits per heavy atom. The first-order valence-corrected chi connectivity index (χ1v) is 5.06. The van der Waals surface area contributed by atoms with Crippen LogP contribution in [0.25, 0.3) is 0 Å². The van der Waals surface area contributed by atoms with Gasteiger partial charge in [-0.1, -0.05) is 0 Å². The standard InChI is InChI=1S/C10H15N3O2/c1-8-4-10(12-11-5-8)13-2-3-15-7-9(13)6-14/h4-5,9,14H,2-3,6-7H2,1H3. The van der Waals surface area contributed by atoms with Crippen molar-refractivity contribution in [2.24, 2.45) is 0 Å². The summed E-state index contributed by atoms with van der Waals surface area (Å²) in [6.45, 7) is 4.03. The van der Waals surface area contributed by atoms with Crippen LogP contribution in [-0.2, 0) is 4.74 Å². The molecule has 0 bridgehead atoms. The molecule has 1 aliphatic heterocycles. The lowest BCUT2D eigenvalue weighted by molar-refractivity contribution is 0.0722. The Kier molecular flexibility index (Phi) is 3.13. The van der Waals surface area contributed by atoms with E-state index in [0.29, 0.717) is 13.2 Å². The largest absolute Gasteiger partial charge is 0.394 e. The molecule has 1 aromatic rings. The maximum Gasteiger partial charge on any atom is 0.151 e. The van der Waals surface area contributed by atoms with Gasteiger partial charge in [0.05, 0.1) is 32.1 Å². The highest BCUT2D eigenvalue weighted by atomic mass is 16.5. The van der Waals surface area contributed by atoms with Crippen molar-refractivity contribution in [3.8, 4) is 0 Å². The van der Waals surface area contributed by atoms with Gasteiger partial charge in [0, 0.05) is 6.54 Å². The Labute approximate surface area is 88.7 Å². The van der Waals surface area contributed by atoms with E-state index in [1.165, 1.54) is 0 Å². The molecule has 2 heterocycles. The highest BCUT2D eigenvalue weighted by Gasteiger charge is 2.23. The zero-order chi connectivity index (χ0) is 10.7. The number of nitrogens with zero attached hydrogens (tertiary/aromatic N) is 3. The monoisotopic (exact) mass is 209 g/mol. The summed E-state index contributed by atoms with van der Waals surface area (Å²) in [7, 11) is 0. The molecular weight excluding hydrogens is 194 g/mol. The van der Waals surface area contributed by atoms with Gasteiger partial charge in [0.2, 0.25) is 0 Å². The second-order valence-electron chi connectivity index (χ2n) is 3.70. The maximum atomic E-state index is 9.22. The number of morpholine rings is 1. The molecule has 0 amide bonds. The molecule has 1 aromatic heterocycles. The van der Waals surface area contributed by atoms with Crippen molar-refractivity contribution >= 4 is 5.82 Å². The number of hydrogen-bond acceptors (Lipinski definition) is 5. The molecule has 2 rings (SSSR count). The molecule has 0 aromatic carbocycles. The number of aliphatic hydroxyl groups is 1. The predicted molar refractivity (Wildman–Crippen MR) is 55.8 cm³/mol. The van der Waals surface area contributed by atoms with E-state index < -0.39 is 0 Å². The first kappa shape index (κ1) is 10.3. The SMILES string of the molecule is Cc1cnnc(N2CCOCC2CO)c1. The molecule has 1 atom stereocenters. The third-order valence-corrected chi connectivity index (χ3v) is 2.51. The zero-order valence-electron chi connectivity index (χ0n) is 8.76. The Morgan fingerprint density at radius 1 is 1.67 bits per heavy atom. The van der Waals surface area contributed by atoms with Crippen molar-refractivity contribution in [1.82, 2.24) is 10.2 Å². The van der Waals surface area contributed by atoms with Gasteiger partial charge in [-0.3, -0.25) is 0 Å². The molecule has 82 valence electrons. The zero-order valence-corrected chi connectivity index (χ0v) is 8.76. The van der Waals surface area contributed by atoms with E-state index in [2.05, 4.69) is 10.2 Å². The second-order valence-corrected chi connectivity index (χ2v) is 3.70. The van der Waals surface area contributed by atoms with Crippen LogP contribution in [0.4, 0.5) is 5.82 Å². The third-order valence-electron chi connectivity index (χ3n) is 2.51. The molecule has 1 saturated heterocycles. The van der Waals surface area contributed by atoms with E-state index in [1.807, 2.05) is 17.9 Å². The fourth-order valence-electron chi connectivity index (χ4n) is 1.70. The van der Waals surface area contributed by atoms with E-state index in [9.17, 15) is 5.11 Å². The molecule has 1 aliphatic rings. The average Bonchev–Trinajstić information content (AvgIpc) is 2.29. The van der Waals surface area contributed by atoms with Crippen LogP contribution in [0.3, 0.4) is 0 Å². The number of aliphatic hydroxyl groups excluding tert-OH is 1. The van der Waals surface area contributed by atoms with Gasteiger partial charge in [-0.15, -0.1) is 5.10 Å². The van der Waals surface area contributed by atoms with Crippen molar-refractivity contribution in [2.45, 2.75) is 13.0 Å². The topological polar surface area (TPSA) is 58.5 Å². The van der Waals surface area contributed by atoms with Crippen molar-refractivity contribution in [3.63, 3.8) is 0 Å². The molecule has 1 unspecified atom stereocenters. The Bertz CT molecular complexity index is 332. The number of ether oxygens (including phenoxy) is 1. The van der Waals surface area contributed by atoms with Crippen LogP contribution in [0.15, 0.2) is 12.3 Å². The van der Waals surface area contributed by atoms with Gasteiger partial charge < -0.3 is 14.7 Å². The number of aryl methyl sites for hydroxylation is 1. The molecule has 5 nitrogen and oxygen atoms in total. The Morgan fingerprint density at radius 2 is 2.53 bits per heavy atom. The van der Waals surface area contributed by atoms with E-state index >= 15 is 0 Å². The molecule has 0 radical (unpaired) electrons. The first-order chi connectivity index (χ1) is 7.31. The van der Waals surface area contributed by atoms with Crippen LogP contribution in [0, 0.1) is 6.92 Å². The molecule has 15 heavy (non-hydrogen) atoms. The Hall–Kier alpha value is -1.20. The normalized spacial score (nSPS) is 21.7. The quantitative estimate of drug-likeness (QED) is 0.742. The van der Waals surface area contributed by atoms with Gasteiger partial charge in [-0.05, 0) is 18.6 Å². The first-order valence-electron chi connectivity index (χ1n) is 5.06. The van der Waals surface area contributed by atoms with Crippen LogP contribution < -0.4 is 4.90 Å². The summed E-state index contributed by atoms with van der Waals surface area (Å²) in [5.41, 5.74) is 1.07. The lowest BCUT2D eigenvalue weighted by Gasteiger charge is -2.35. The lowest BCUT2D eigenvalue weighted by Crippen LogP contribution is -2.48. The van der Waals surface area contributed by atoms with Crippen molar-refractivity contribution in [3.05, 3.63) is 17.8 Å². The third kappa shape index (κ3) is 2.24. The fourth-order valence-corrected chi connectivity index (χ4v) is 1.70. The van der Waals surface area contributed by atoms with E-state index in [0.717, 1.165) is 17.9 Å². The average molecular weight is 209 g/mol. The molecule has 0 aliphatic carbocycles. The van der Waals surface area contributed by atoms with E-state index in [-0.39, 0.29) is 12.6 Å². The number of rotatable bonds is 2. The highest BCUT2D eigenvalue weighted by Crippen LogP contribution is 2.16. The minimum Gasteiger partial charge on any atom is -0.394 e. The summed E-state index contributed by atoms with van der Waals surface area (Å²) in [6.07, 6.45) is 1.72. The molecule has 5 heteroatoms. The van der Waals surface area contributed by atoms with Gasteiger partial charge in [0.1, 0.15) is 0 Å². The molecule has 1 N–H and O–H groups in total. The van der Waals surface area contributed by atoms with Crippen molar-refractivity contribution in [1.29, 1.82) is 0 Å². The summed E-state index contributed by atoms with van der Waals surface area (Å²) in [6, 6.07) is 1.97. The maximum absolute atomic E-state index is 9.22. The minimum atomic E-state index is -0.00477. The number of aromatic nitrogens is 2. The van der Waals surface area contributed by atoms with Gasteiger partial charge >= 0.3 is 0 Å². The lowest BCUT2D eigenvalue weighted by atomic mass is 10.2. The fraction of sp³-hybridized carbons (Fsp3) is 0.600. The second kappa shape index (κ2) is 4.55. The van der Waals surface area contributed by atoms with Crippen LogP contribution in [0.2, 0.25) is 0 Å². The highest BCUT2D eigenvalue weighted by molar-refractivity contribution is 5.40. The Balaban J connectivity index is 2.20. The molecular formula is C10H15N3O2. The summed E-state index contributed by atoms with van der Waals surface area (Å²) < 4.78 is 5.31. The van der Waals surface area contributed by atoms with Gasteiger partial charge in [0.25, 0.3) is 0 Å². The van der Waals surface area contributed by atoms with Gasteiger partial charge in [0.15, 0.2) is 5.82 Å². The van der Waals surface area contributed by atoms with E-state index in [1.54, 1.807) is 6.20 Å². The van der Waals surface area contributed by atoms with Gasteiger partial charge in [-0.2, -0.15) is 5.10 Å². The minimum absolute atomic E-state index is 0.00477. The summed E-state index contributed by atoms with van der Waals surface area (Å²) >= 11 is 0. The van der Waals surface area contributed by atoms with Crippen LogP contribution in [-0.4, -0.2) is 47.7 Å². The van der Waals surface area contributed by atoms with Crippen LogP contribution >= 0.6 is 0 Å². The molecule has 0 saturated carbocycles. The summed E-state index contributed by atoms with van der Waals surface area (Å²) in [5, 5.41) is 17.2. The van der Waals surface area contributed by atoms with E-state index in [4.69, 9.17) is 4.74 Å². The molecule has 1 fully saturated rings. The van der Waals surface area contributed by atoms with Crippen molar-refractivity contribution < 1.29 is 9.84 Å². The number of anilines is 1. The van der Waals surface area contributed by atoms with Gasteiger partial charge in [-0.25, -0.2) is 0 Å². The van der Waals surface area contributed by atoms with Crippen LogP contribution in [0.1, 0.15) is 5.56 Å². The van der Waals surface area contributed by atoms with Crippen LogP contribution in [0.5, 0.6) is 0 Å². The van der Waals surface area contributed by atoms with Crippen molar-refractivity contribution in [2.75, 3.05) is 31.3 Å².